The lowest BCUT2D eigenvalue weighted by Gasteiger charge is -2.35. The Balaban J connectivity index is 2.27. The molecular formula is C10H21NO2. The van der Waals surface area contributed by atoms with Crippen LogP contribution in [0.15, 0.2) is 0 Å². The van der Waals surface area contributed by atoms with E-state index in [4.69, 9.17) is 4.74 Å². The largest absolute Gasteiger partial charge is 0.393 e. The average Bonchev–Trinajstić information content (AvgIpc) is 2.16. The van der Waals surface area contributed by atoms with Crippen molar-refractivity contribution in [2.24, 2.45) is 5.92 Å². The smallest absolute Gasteiger partial charge is 0.0592 e. The lowest BCUT2D eigenvalue weighted by molar-refractivity contribution is 0.0165. The summed E-state index contributed by atoms with van der Waals surface area (Å²) in [4.78, 5) is 2.38. The number of rotatable bonds is 4. The molecule has 2 atom stereocenters. The predicted molar refractivity (Wildman–Crippen MR) is 52.7 cm³/mol. The highest BCUT2D eigenvalue weighted by Crippen LogP contribution is 2.19. The maximum atomic E-state index is 9.65. The van der Waals surface area contributed by atoms with Gasteiger partial charge in [0.1, 0.15) is 0 Å². The van der Waals surface area contributed by atoms with Crippen LogP contribution in [0, 0.1) is 5.92 Å². The molecule has 1 heterocycles. The number of aliphatic hydroxyl groups excluding tert-OH is 1. The van der Waals surface area contributed by atoms with E-state index < -0.39 is 0 Å². The molecule has 0 aliphatic carbocycles. The molecule has 0 saturated carbocycles. The van der Waals surface area contributed by atoms with Crippen LogP contribution in [-0.4, -0.2) is 49.5 Å². The van der Waals surface area contributed by atoms with Gasteiger partial charge in [-0.05, 0) is 18.8 Å². The molecule has 1 fully saturated rings. The Morgan fingerprint density at radius 1 is 1.54 bits per heavy atom. The molecule has 3 heteroatoms. The van der Waals surface area contributed by atoms with E-state index in [1.165, 1.54) is 0 Å². The maximum Gasteiger partial charge on any atom is 0.0592 e. The molecule has 0 unspecified atom stereocenters. The van der Waals surface area contributed by atoms with Crippen molar-refractivity contribution in [3.8, 4) is 0 Å². The molecule has 0 aromatic carbocycles. The number of ether oxygens (including phenoxy) is 1. The Bertz CT molecular complexity index is 139. The van der Waals surface area contributed by atoms with Crippen LogP contribution < -0.4 is 0 Å². The fraction of sp³-hybridized carbons (Fsp3) is 1.00. The van der Waals surface area contributed by atoms with Gasteiger partial charge in [-0.3, -0.25) is 0 Å². The van der Waals surface area contributed by atoms with Crippen LogP contribution in [0.5, 0.6) is 0 Å². The third-order valence-corrected chi connectivity index (χ3v) is 2.91. The van der Waals surface area contributed by atoms with E-state index in [1.807, 2.05) is 0 Å². The molecule has 1 aliphatic heterocycles. The van der Waals surface area contributed by atoms with E-state index in [-0.39, 0.29) is 6.10 Å². The van der Waals surface area contributed by atoms with Crippen LogP contribution >= 0.6 is 0 Å². The molecule has 3 nitrogen and oxygen atoms in total. The fourth-order valence-electron chi connectivity index (χ4n) is 1.92. The van der Waals surface area contributed by atoms with Gasteiger partial charge >= 0.3 is 0 Å². The standard InChI is InChI=1S/C10H21NO2/c1-3-9-8-11(6-7-13-2)5-4-10(9)12/h9-10,12H,3-8H2,1-2H3/t9-,10+/m1/s1. The summed E-state index contributed by atoms with van der Waals surface area (Å²) in [5.74, 6) is 0.464. The molecule has 13 heavy (non-hydrogen) atoms. The second-order valence-corrected chi connectivity index (χ2v) is 3.82. The molecule has 1 saturated heterocycles. The molecular weight excluding hydrogens is 166 g/mol. The maximum absolute atomic E-state index is 9.65. The van der Waals surface area contributed by atoms with Gasteiger partial charge in [-0.2, -0.15) is 0 Å². The van der Waals surface area contributed by atoms with Crippen LogP contribution in [0.25, 0.3) is 0 Å². The summed E-state index contributed by atoms with van der Waals surface area (Å²) in [7, 11) is 1.73. The van der Waals surface area contributed by atoms with Crippen molar-refractivity contribution in [3.05, 3.63) is 0 Å². The minimum absolute atomic E-state index is 0.0798. The van der Waals surface area contributed by atoms with Gasteiger partial charge in [-0.25, -0.2) is 0 Å². The van der Waals surface area contributed by atoms with Crippen LogP contribution in [-0.2, 0) is 4.74 Å². The van der Waals surface area contributed by atoms with E-state index in [9.17, 15) is 5.11 Å². The molecule has 1 aliphatic rings. The number of piperidine rings is 1. The first-order chi connectivity index (χ1) is 6.27. The fourth-order valence-corrected chi connectivity index (χ4v) is 1.92. The lowest BCUT2D eigenvalue weighted by atomic mass is 9.92. The number of hydrogen-bond donors (Lipinski definition) is 1. The number of nitrogens with zero attached hydrogens (tertiary/aromatic N) is 1. The first kappa shape index (κ1) is 11.0. The number of hydrogen-bond acceptors (Lipinski definition) is 3. The summed E-state index contributed by atoms with van der Waals surface area (Å²) in [6.45, 7) is 5.99. The molecule has 1 N–H and O–H groups in total. The molecule has 1 rings (SSSR count). The van der Waals surface area contributed by atoms with E-state index >= 15 is 0 Å². The Morgan fingerprint density at radius 3 is 2.92 bits per heavy atom. The zero-order chi connectivity index (χ0) is 9.68. The highest BCUT2D eigenvalue weighted by atomic mass is 16.5. The zero-order valence-electron chi connectivity index (χ0n) is 8.70. The lowest BCUT2D eigenvalue weighted by Crippen LogP contribution is -2.44. The number of methoxy groups -OCH3 is 1. The van der Waals surface area contributed by atoms with Gasteiger partial charge in [0.2, 0.25) is 0 Å². The molecule has 0 spiro atoms. The monoisotopic (exact) mass is 187 g/mol. The molecule has 0 radical (unpaired) electrons. The summed E-state index contributed by atoms with van der Waals surface area (Å²) in [5.41, 5.74) is 0. The topological polar surface area (TPSA) is 32.7 Å². The minimum atomic E-state index is -0.0798. The SMILES string of the molecule is CC[C@@H]1CN(CCOC)CC[C@@H]1O. The van der Waals surface area contributed by atoms with Gasteiger partial charge in [0.25, 0.3) is 0 Å². The Hall–Kier alpha value is -0.120. The second kappa shape index (κ2) is 5.58. The van der Waals surface area contributed by atoms with Crippen LogP contribution in [0.1, 0.15) is 19.8 Å². The highest BCUT2D eigenvalue weighted by molar-refractivity contribution is 4.78. The highest BCUT2D eigenvalue weighted by Gasteiger charge is 2.25. The number of aliphatic hydroxyl groups is 1. The van der Waals surface area contributed by atoms with E-state index in [1.54, 1.807) is 7.11 Å². The molecule has 0 bridgehead atoms. The van der Waals surface area contributed by atoms with Gasteiger partial charge in [0.15, 0.2) is 0 Å². The summed E-state index contributed by atoms with van der Waals surface area (Å²) in [5, 5.41) is 9.65. The number of likely N-dealkylation sites (tertiary alicyclic amines) is 1. The van der Waals surface area contributed by atoms with Crippen molar-refractivity contribution in [3.63, 3.8) is 0 Å². The van der Waals surface area contributed by atoms with Crippen molar-refractivity contribution in [2.75, 3.05) is 33.4 Å². The first-order valence-electron chi connectivity index (χ1n) is 5.17. The van der Waals surface area contributed by atoms with Crippen molar-refractivity contribution in [1.82, 2.24) is 4.90 Å². The Labute approximate surface area is 80.7 Å². The summed E-state index contributed by atoms with van der Waals surface area (Å²) in [6, 6.07) is 0. The summed E-state index contributed by atoms with van der Waals surface area (Å²) in [6.07, 6.45) is 1.91. The third kappa shape index (κ3) is 3.25. The Morgan fingerprint density at radius 2 is 2.31 bits per heavy atom. The van der Waals surface area contributed by atoms with E-state index in [2.05, 4.69) is 11.8 Å². The third-order valence-electron chi connectivity index (χ3n) is 2.91. The van der Waals surface area contributed by atoms with E-state index in [0.717, 1.165) is 39.1 Å². The molecule has 0 amide bonds. The predicted octanol–water partition coefficient (Wildman–Crippen LogP) is 0.726. The second-order valence-electron chi connectivity index (χ2n) is 3.82. The zero-order valence-corrected chi connectivity index (χ0v) is 8.70. The van der Waals surface area contributed by atoms with Crippen LogP contribution in [0.4, 0.5) is 0 Å². The normalized spacial score (nSPS) is 30.7. The van der Waals surface area contributed by atoms with Crippen molar-refractivity contribution < 1.29 is 9.84 Å². The van der Waals surface area contributed by atoms with Gasteiger partial charge in [-0.15, -0.1) is 0 Å². The molecule has 0 aromatic rings. The van der Waals surface area contributed by atoms with Gasteiger partial charge in [0, 0.05) is 26.7 Å². The van der Waals surface area contributed by atoms with Crippen molar-refractivity contribution >= 4 is 0 Å². The van der Waals surface area contributed by atoms with Crippen LogP contribution in [0.2, 0.25) is 0 Å². The summed E-state index contributed by atoms with van der Waals surface area (Å²) >= 11 is 0. The Kier molecular flexibility index (Phi) is 4.70. The summed E-state index contributed by atoms with van der Waals surface area (Å²) < 4.78 is 5.04. The van der Waals surface area contributed by atoms with Gasteiger partial charge < -0.3 is 14.7 Å². The van der Waals surface area contributed by atoms with Gasteiger partial charge in [0.05, 0.1) is 12.7 Å². The average molecular weight is 187 g/mol. The van der Waals surface area contributed by atoms with Gasteiger partial charge in [-0.1, -0.05) is 6.92 Å². The molecule has 0 aromatic heterocycles. The van der Waals surface area contributed by atoms with Crippen LogP contribution in [0.3, 0.4) is 0 Å². The van der Waals surface area contributed by atoms with Crippen molar-refractivity contribution in [1.29, 1.82) is 0 Å². The first-order valence-corrected chi connectivity index (χ1v) is 5.17. The quantitative estimate of drug-likeness (QED) is 0.704. The van der Waals surface area contributed by atoms with Crippen molar-refractivity contribution in [2.45, 2.75) is 25.9 Å². The molecule has 78 valence electrons. The van der Waals surface area contributed by atoms with E-state index in [0.29, 0.717) is 5.92 Å². The minimum Gasteiger partial charge on any atom is -0.393 e.